The minimum atomic E-state index is -0.329. The Bertz CT molecular complexity index is 1020. The second-order valence-electron chi connectivity index (χ2n) is 7.16. The fraction of sp³-hybridized carbons (Fsp3) is 0.286. The highest BCUT2D eigenvalue weighted by Gasteiger charge is 2.27. The van der Waals surface area contributed by atoms with Crippen molar-refractivity contribution in [3.8, 4) is 0 Å². The molecule has 0 radical (unpaired) electrons. The van der Waals surface area contributed by atoms with Crippen molar-refractivity contribution >= 4 is 23.0 Å². The van der Waals surface area contributed by atoms with E-state index in [0.29, 0.717) is 24.3 Å². The molecule has 3 heterocycles. The zero-order valence-corrected chi connectivity index (χ0v) is 16.1. The Morgan fingerprint density at radius 2 is 1.71 bits per heavy atom. The van der Waals surface area contributed by atoms with Gasteiger partial charge in [-0.2, -0.15) is 0 Å². The first-order chi connectivity index (χ1) is 13.5. The summed E-state index contributed by atoms with van der Waals surface area (Å²) in [6.07, 6.45) is 1.77. The van der Waals surface area contributed by atoms with Crippen molar-refractivity contribution in [2.45, 2.75) is 6.92 Å². The van der Waals surface area contributed by atoms with Gasteiger partial charge in [0.15, 0.2) is 5.69 Å². The van der Waals surface area contributed by atoms with Crippen LogP contribution in [0.25, 0.3) is 5.52 Å². The highest BCUT2D eigenvalue weighted by Crippen LogP contribution is 2.18. The quantitative estimate of drug-likeness (QED) is 0.760. The highest BCUT2D eigenvalue weighted by molar-refractivity contribution is 6.08. The number of hydrogen-bond acceptors (Lipinski definition) is 4. The van der Waals surface area contributed by atoms with Crippen molar-refractivity contribution in [2.75, 3.05) is 38.5 Å². The molecule has 0 atom stereocenters. The monoisotopic (exact) mass is 377 g/mol. The number of aromatic nitrogens is 2. The number of anilines is 1. The minimum absolute atomic E-state index is 0.149. The lowest BCUT2D eigenvalue weighted by molar-refractivity contribution is 0.0651. The average molecular weight is 377 g/mol. The number of imidazole rings is 1. The molecular weight excluding hydrogens is 354 g/mol. The van der Waals surface area contributed by atoms with Crippen LogP contribution < -0.4 is 5.32 Å². The number of benzene rings is 1. The number of hydrogen-bond donors (Lipinski definition) is 1. The number of fused-ring (bicyclic) bond motifs is 1. The maximum atomic E-state index is 13.0. The van der Waals surface area contributed by atoms with Crippen LogP contribution in [0, 0.1) is 6.92 Å². The first-order valence-electron chi connectivity index (χ1n) is 9.36. The van der Waals surface area contributed by atoms with Crippen molar-refractivity contribution in [3.63, 3.8) is 0 Å². The number of likely N-dealkylation sites (N-methyl/N-ethyl adjacent to an activating group) is 1. The molecule has 0 bridgehead atoms. The number of rotatable bonds is 3. The van der Waals surface area contributed by atoms with E-state index in [0.717, 1.165) is 18.7 Å². The van der Waals surface area contributed by atoms with E-state index in [1.807, 2.05) is 50.4 Å². The fourth-order valence-corrected chi connectivity index (χ4v) is 3.33. The molecule has 1 aliphatic rings. The Morgan fingerprint density at radius 3 is 2.43 bits per heavy atom. The summed E-state index contributed by atoms with van der Waals surface area (Å²) in [4.78, 5) is 34.3. The van der Waals surface area contributed by atoms with Gasteiger partial charge in [-0.15, -0.1) is 0 Å². The predicted molar refractivity (Wildman–Crippen MR) is 108 cm³/mol. The van der Waals surface area contributed by atoms with Gasteiger partial charge in [-0.25, -0.2) is 4.98 Å². The topological polar surface area (TPSA) is 70.0 Å². The molecule has 2 amide bonds. The van der Waals surface area contributed by atoms with Crippen molar-refractivity contribution in [1.82, 2.24) is 19.2 Å². The Kier molecular flexibility index (Phi) is 4.83. The molecular formula is C21H23N5O2. The number of nitrogens with one attached hydrogen (secondary N) is 1. The van der Waals surface area contributed by atoms with Crippen LogP contribution in [0.1, 0.15) is 26.7 Å². The third kappa shape index (κ3) is 3.48. The van der Waals surface area contributed by atoms with Crippen molar-refractivity contribution in [1.29, 1.82) is 0 Å². The van der Waals surface area contributed by atoms with Gasteiger partial charge in [0.05, 0.1) is 5.52 Å². The maximum Gasteiger partial charge on any atom is 0.290 e. The summed E-state index contributed by atoms with van der Waals surface area (Å²) in [5, 5.41) is 2.87. The highest BCUT2D eigenvalue weighted by atomic mass is 16.2. The molecule has 7 nitrogen and oxygen atoms in total. The Labute approximate surface area is 163 Å². The first-order valence-corrected chi connectivity index (χ1v) is 9.36. The van der Waals surface area contributed by atoms with Crippen molar-refractivity contribution in [2.24, 2.45) is 0 Å². The Morgan fingerprint density at radius 1 is 1.00 bits per heavy atom. The van der Waals surface area contributed by atoms with E-state index in [1.54, 1.807) is 21.6 Å². The molecule has 144 valence electrons. The largest absolute Gasteiger partial charge is 0.333 e. The molecule has 1 fully saturated rings. The molecule has 3 aromatic rings. The predicted octanol–water partition coefficient (Wildman–Crippen LogP) is 2.28. The van der Waals surface area contributed by atoms with E-state index in [-0.39, 0.29) is 23.3 Å². The van der Waals surface area contributed by atoms with Gasteiger partial charge >= 0.3 is 0 Å². The van der Waals surface area contributed by atoms with E-state index in [9.17, 15) is 9.59 Å². The SMILES string of the molecule is Cc1ccc(NC(=O)c2nc(C(=O)N3CCN(C)CC3)n3ccccc23)cc1. The zero-order chi connectivity index (χ0) is 19.7. The molecule has 0 saturated carbocycles. The molecule has 0 spiro atoms. The standard InChI is InChI=1S/C21H23N5O2/c1-15-6-8-16(9-7-15)22-20(27)18-17-5-3-4-10-26(17)19(23-18)21(28)25-13-11-24(2)12-14-25/h3-10H,11-14H2,1-2H3,(H,22,27). The van der Waals surface area contributed by atoms with Crippen LogP contribution in [0.5, 0.6) is 0 Å². The number of piperazine rings is 1. The van der Waals surface area contributed by atoms with Crippen molar-refractivity contribution in [3.05, 3.63) is 65.7 Å². The van der Waals surface area contributed by atoms with Gasteiger partial charge in [0.1, 0.15) is 0 Å². The van der Waals surface area contributed by atoms with Crippen LogP contribution in [0.3, 0.4) is 0 Å². The summed E-state index contributed by atoms with van der Waals surface area (Å²) >= 11 is 0. The lowest BCUT2D eigenvalue weighted by Gasteiger charge is -2.31. The molecule has 28 heavy (non-hydrogen) atoms. The Balaban J connectivity index is 1.65. The first kappa shape index (κ1) is 18.2. The summed E-state index contributed by atoms with van der Waals surface area (Å²) < 4.78 is 1.70. The molecule has 4 rings (SSSR count). The fourth-order valence-electron chi connectivity index (χ4n) is 3.33. The average Bonchev–Trinajstić information content (AvgIpc) is 3.10. The summed E-state index contributed by atoms with van der Waals surface area (Å²) in [5.41, 5.74) is 2.67. The summed E-state index contributed by atoms with van der Waals surface area (Å²) in [6, 6.07) is 13.0. The van der Waals surface area contributed by atoms with Gasteiger partial charge in [-0.05, 0) is 38.2 Å². The second kappa shape index (κ2) is 7.44. The third-order valence-electron chi connectivity index (χ3n) is 5.05. The minimum Gasteiger partial charge on any atom is -0.333 e. The van der Waals surface area contributed by atoms with Gasteiger partial charge in [-0.1, -0.05) is 23.8 Å². The van der Waals surface area contributed by atoms with E-state index in [4.69, 9.17) is 0 Å². The van der Waals surface area contributed by atoms with Crippen LogP contribution in [0.2, 0.25) is 0 Å². The summed E-state index contributed by atoms with van der Waals surface area (Å²) in [7, 11) is 2.04. The molecule has 1 saturated heterocycles. The number of nitrogens with zero attached hydrogens (tertiary/aromatic N) is 4. The van der Waals surface area contributed by atoms with Gasteiger partial charge < -0.3 is 15.1 Å². The summed E-state index contributed by atoms with van der Waals surface area (Å²) in [5.74, 6) is -0.206. The van der Waals surface area contributed by atoms with E-state index >= 15 is 0 Å². The second-order valence-corrected chi connectivity index (χ2v) is 7.16. The van der Waals surface area contributed by atoms with Crippen molar-refractivity contribution < 1.29 is 9.59 Å². The molecule has 0 aliphatic carbocycles. The summed E-state index contributed by atoms with van der Waals surface area (Å²) in [6.45, 7) is 4.96. The van der Waals surface area contributed by atoms with Gasteiger partial charge in [0.2, 0.25) is 5.82 Å². The van der Waals surface area contributed by atoms with Crippen LogP contribution in [-0.2, 0) is 0 Å². The van der Waals surface area contributed by atoms with Gasteiger partial charge in [0, 0.05) is 38.1 Å². The molecule has 7 heteroatoms. The van der Waals surface area contributed by atoms with Crippen LogP contribution in [0.4, 0.5) is 5.69 Å². The van der Waals surface area contributed by atoms with E-state index < -0.39 is 0 Å². The van der Waals surface area contributed by atoms with Crippen LogP contribution >= 0.6 is 0 Å². The van der Waals surface area contributed by atoms with Gasteiger partial charge in [0.25, 0.3) is 11.8 Å². The number of amides is 2. The number of aryl methyl sites for hydroxylation is 1. The molecule has 0 unspecified atom stereocenters. The smallest absolute Gasteiger partial charge is 0.290 e. The maximum absolute atomic E-state index is 13.0. The van der Waals surface area contributed by atoms with E-state index in [1.165, 1.54) is 0 Å². The lowest BCUT2D eigenvalue weighted by Crippen LogP contribution is -2.47. The molecule has 1 aliphatic heterocycles. The molecule has 1 aromatic carbocycles. The van der Waals surface area contributed by atoms with Crippen LogP contribution in [0.15, 0.2) is 48.7 Å². The molecule has 2 aromatic heterocycles. The van der Waals surface area contributed by atoms with E-state index in [2.05, 4.69) is 15.2 Å². The van der Waals surface area contributed by atoms with Gasteiger partial charge in [-0.3, -0.25) is 14.0 Å². The number of carbonyl (C=O) groups is 2. The Hall–Kier alpha value is -3.19. The number of pyridine rings is 1. The number of carbonyl (C=O) groups excluding carboxylic acids is 2. The zero-order valence-electron chi connectivity index (χ0n) is 16.1. The normalized spacial score (nSPS) is 15.0. The van der Waals surface area contributed by atoms with Crippen LogP contribution in [-0.4, -0.2) is 64.2 Å². The molecule has 1 N–H and O–H groups in total. The third-order valence-corrected chi connectivity index (χ3v) is 5.05. The lowest BCUT2D eigenvalue weighted by atomic mass is 10.2.